The molecule has 5 heteroatoms. The molecule has 1 aromatic heterocycles. The van der Waals surface area contributed by atoms with E-state index in [-0.39, 0.29) is 6.04 Å². The van der Waals surface area contributed by atoms with Gasteiger partial charge >= 0.3 is 0 Å². The fourth-order valence-corrected chi connectivity index (χ4v) is 3.53. The van der Waals surface area contributed by atoms with Crippen LogP contribution < -0.4 is 10.5 Å². The lowest BCUT2D eigenvalue weighted by atomic mass is 10.0. The summed E-state index contributed by atoms with van der Waals surface area (Å²) in [5.41, 5.74) is 7.02. The molecule has 21 heavy (non-hydrogen) atoms. The molecule has 1 atom stereocenters. The minimum atomic E-state index is 0.0424. The largest absolute Gasteiger partial charge is 0.496 e. The quantitative estimate of drug-likeness (QED) is 0.838. The van der Waals surface area contributed by atoms with Crippen LogP contribution in [0.2, 0.25) is 5.02 Å². The molecule has 2 rings (SSSR count). The van der Waals surface area contributed by atoms with Crippen LogP contribution in [-0.2, 0) is 6.54 Å². The van der Waals surface area contributed by atoms with E-state index in [1.807, 2.05) is 18.2 Å². The summed E-state index contributed by atoms with van der Waals surface area (Å²) < 4.78 is 5.47. The number of methoxy groups -OCH3 is 1. The molecule has 2 N–H and O–H groups in total. The molecule has 1 unspecified atom stereocenters. The van der Waals surface area contributed by atoms with Crippen LogP contribution in [0.1, 0.15) is 23.4 Å². The van der Waals surface area contributed by atoms with Crippen molar-refractivity contribution < 1.29 is 4.74 Å². The van der Waals surface area contributed by atoms with Gasteiger partial charge < -0.3 is 10.5 Å². The number of hydrogen-bond acceptors (Lipinski definition) is 4. The number of nitrogens with two attached hydrogens (primary N) is 1. The number of likely N-dealkylation sites (N-methyl/N-ethyl adjacent to an activating group) is 1. The Bertz CT molecular complexity index is 559. The van der Waals surface area contributed by atoms with Gasteiger partial charge in [0.1, 0.15) is 5.75 Å². The van der Waals surface area contributed by atoms with Gasteiger partial charge in [0.15, 0.2) is 0 Å². The zero-order valence-corrected chi connectivity index (χ0v) is 14.0. The number of rotatable bonds is 7. The molecule has 0 fully saturated rings. The van der Waals surface area contributed by atoms with E-state index < -0.39 is 0 Å². The highest BCUT2D eigenvalue weighted by Crippen LogP contribution is 2.35. The highest BCUT2D eigenvalue weighted by atomic mass is 35.5. The van der Waals surface area contributed by atoms with Crippen LogP contribution in [0.3, 0.4) is 0 Å². The maximum absolute atomic E-state index is 6.40. The molecule has 0 aliphatic carbocycles. The summed E-state index contributed by atoms with van der Waals surface area (Å²) in [5, 5.41) is 2.80. The van der Waals surface area contributed by atoms with Crippen molar-refractivity contribution in [3.63, 3.8) is 0 Å². The normalized spacial score (nSPS) is 12.6. The van der Waals surface area contributed by atoms with E-state index in [9.17, 15) is 0 Å². The van der Waals surface area contributed by atoms with Gasteiger partial charge in [-0.2, -0.15) is 0 Å². The Labute approximate surface area is 135 Å². The van der Waals surface area contributed by atoms with Gasteiger partial charge in [-0.1, -0.05) is 30.7 Å². The molecular formula is C16H21ClN2OS. The Balaban J connectivity index is 2.33. The van der Waals surface area contributed by atoms with Crippen LogP contribution in [-0.4, -0.2) is 25.1 Å². The smallest absolute Gasteiger partial charge is 0.125 e. The van der Waals surface area contributed by atoms with Crippen LogP contribution in [0, 0.1) is 0 Å². The van der Waals surface area contributed by atoms with Gasteiger partial charge in [0.2, 0.25) is 0 Å². The lowest BCUT2D eigenvalue weighted by Crippen LogP contribution is -2.33. The molecular weight excluding hydrogens is 304 g/mol. The molecule has 0 amide bonds. The summed E-state index contributed by atoms with van der Waals surface area (Å²) in [6.45, 7) is 4.40. The summed E-state index contributed by atoms with van der Waals surface area (Å²) in [4.78, 5) is 3.65. The molecule has 1 heterocycles. The van der Waals surface area contributed by atoms with E-state index in [0.717, 1.165) is 24.4 Å². The Morgan fingerprint density at radius 2 is 2.14 bits per heavy atom. The monoisotopic (exact) mass is 324 g/mol. The van der Waals surface area contributed by atoms with Crippen molar-refractivity contribution in [1.82, 2.24) is 4.90 Å². The first-order valence-electron chi connectivity index (χ1n) is 7.00. The molecule has 0 bridgehead atoms. The van der Waals surface area contributed by atoms with Gasteiger partial charge in [0.05, 0.1) is 13.2 Å². The van der Waals surface area contributed by atoms with Crippen molar-refractivity contribution >= 4 is 22.9 Å². The second-order valence-corrected chi connectivity index (χ2v) is 6.19. The fraction of sp³-hybridized carbons (Fsp3) is 0.375. The second-order valence-electron chi connectivity index (χ2n) is 4.75. The van der Waals surface area contributed by atoms with Crippen molar-refractivity contribution in [3.05, 3.63) is 51.2 Å². The van der Waals surface area contributed by atoms with E-state index in [1.54, 1.807) is 18.4 Å². The Morgan fingerprint density at radius 3 is 2.71 bits per heavy atom. The topological polar surface area (TPSA) is 38.5 Å². The van der Waals surface area contributed by atoms with Gasteiger partial charge in [0.25, 0.3) is 0 Å². The SMILES string of the molecule is CCN(Cc1cccs1)C(CN)c1c(Cl)cccc1OC. The lowest BCUT2D eigenvalue weighted by molar-refractivity contribution is 0.201. The molecule has 3 nitrogen and oxygen atoms in total. The molecule has 2 aromatic rings. The van der Waals surface area contributed by atoms with Crippen LogP contribution in [0.4, 0.5) is 0 Å². The number of nitrogens with zero attached hydrogens (tertiary/aromatic N) is 1. The van der Waals surface area contributed by atoms with Crippen molar-refractivity contribution in [2.75, 3.05) is 20.2 Å². The number of thiophene rings is 1. The number of ether oxygens (including phenoxy) is 1. The molecule has 0 radical (unpaired) electrons. The van der Waals surface area contributed by atoms with E-state index in [1.165, 1.54) is 4.88 Å². The van der Waals surface area contributed by atoms with Crippen molar-refractivity contribution in [2.45, 2.75) is 19.5 Å². The minimum absolute atomic E-state index is 0.0424. The van der Waals surface area contributed by atoms with E-state index in [0.29, 0.717) is 11.6 Å². The van der Waals surface area contributed by atoms with Crippen molar-refractivity contribution in [2.24, 2.45) is 5.73 Å². The number of halogens is 1. The van der Waals surface area contributed by atoms with Crippen LogP contribution in [0.15, 0.2) is 35.7 Å². The first-order valence-corrected chi connectivity index (χ1v) is 8.25. The summed E-state index contributed by atoms with van der Waals surface area (Å²) in [6, 6.07) is 9.98. The maximum Gasteiger partial charge on any atom is 0.125 e. The summed E-state index contributed by atoms with van der Waals surface area (Å²) in [5.74, 6) is 0.794. The first kappa shape index (κ1) is 16.3. The standard InChI is InChI=1S/C16H21ClN2OS/c1-3-19(11-12-6-5-9-21-12)14(10-18)16-13(17)7-4-8-15(16)20-2/h4-9,14H,3,10-11,18H2,1-2H3. The molecule has 0 saturated carbocycles. The average Bonchev–Trinajstić information content (AvgIpc) is 3.01. The third-order valence-corrected chi connectivity index (χ3v) is 4.77. The van der Waals surface area contributed by atoms with Crippen LogP contribution in [0.5, 0.6) is 5.75 Å². The summed E-state index contributed by atoms with van der Waals surface area (Å²) in [6.07, 6.45) is 0. The molecule has 0 saturated heterocycles. The predicted octanol–water partition coefficient (Wildman–Crippen LogP) is 3.93. The molecule has 114 valence electrons. The van der Waals surface area contributed by atoms with Crippen LogP contribution in [0.25, 0.3) is 0 Å². The molecule has 1 aromatic carbocycles. The number of hydrogen-bond donors (Lipinski definition) is 1. The van der Waals surface area contributed by atoms with Gasteiger partial charge in [-0.15, -0.1) is 11.3 Å². The Morgan fingerprint density at radius 1 is 1.33 bits per heavy atom. The minimum Gasteiger partial charge on any atom is -0.496 e. The van der Waals surface area contributed by atoms with Gasteiger partial charge in [-0.05, 0) is 30.1 Å². The van der Waals surface area contributed by atoms with Crippen LogP contribution >= 0.6 is 22.9 Å². The highest BCUT2D eigenvalue weighted by Gasteiger charge is 2.24. The summed E-state index contributed by atoms with van der Waals surface area (Å²) in [7, 11) is 1.66. The fourth-order valence-electron chi connectivity index (χ4n) is 2.51. The molecule has 0 spiro atoms. The summed E-state index contributed by atoms with van der Waals surface area (Å²) >= 11 is 8.16. The Hall–Kier alpha value is -1.07. The van der Waals surface area contributed by atoms with Crippen molar-refractivity contribution in [1.29, 1.82) is 0 Å². The van der Waals surface area contributed by atoms with Crippen molar-refractivity contribution in [3.8, 4) is 5.75 Å². The highest BCUT2D eigenvalue weighted by molar-refractivity contribution is 7.09. The van der Waals surface area contributed by atoms with Gasteiger partial charge in [0, 0.05) is 28.6 Å². The predicted molar refractivity (Wildman–Crippen MR) is 90.2 cm³/mol. The Kier molecular flexibility index (Phi) is 6.06. The second kappa shape index (κ2) is 7.80. The zero-order chi connectivity index (χ0) is 15.2. The first-order chi connectivity index (χ1) is 10.2. The van der Waals surface area contributed by atoms with Gasteiger partial charge in [-0.3, -0.25) is 4.90 Å². The molecule has 0 aliphatic heterocycles. The lowest BCUT2D eigenvalue weighted by Gasteiger charge is -2.31. The van der Waals surface area contributed by atoms with E-state index in [2.05, 4.69) is 29.3 Å². The van der Waals surface area contributed by atoms with E-state index >= 15 is 0 Å². The van der Waals surface area contributed by atoms with Gasteiger partial charge in [-0.25, -0.2) is 0 Å². The number of benzene rings is 1. The average molecular weight is 325 g/mol. The third-order valence-electron chi connectivity index (χ3n) is 3.58. The molecule has 0 aliphatic rings. The zero-order valence-electron chi connectivity index (χ0n) is 12.4. The maximum atomic E-state index is 6.40. The van der Waals surface area contributed by atoms with E-state index in [4.69, 9.17) is 22.1 Å². The third kappa shape index (κ3) is 3.77.